The molecule has 0 atom stereocenters. The number of hydrogen-bond donors (Lipinski definition) is 1. The van der Waals surface area contributed by atoms with Crippen molar-refractivity contribution in [3.63, 3.8) is 0 Å². The number of carbonyl (C=O) groups is 1. The second-order valence-electron chi connectivity index (χ2n) is 8.48. The van der Waals surface area contributed by atoms with E-state index >= 15 is 0 Å². The van der Waals surface area contributed by atoms with E-state index in [1.54, 1.807) is 12.1 Å². The number of rotatable bonds is 10. The average molecular weight is 459 g/mol. The lowest BCUT2D eigenvalue weighted by atomic mass is 10.1. The molecule has 1 saturated heterocycles. The summed E-state index contributed by atoms with van der Waals surface area (Å²) in [6.45, 7) is 4.25. The van der Waals surface area contributed by atoms with Crippen molar-refractivity contribution in [2.24, 2.45) is 0 Å². The summed E-state index contributed by atoms with van der Waals surface area (Å²) in [4.78, 5) is 15.0. The van der Waals surface area contributed by atoms with Crippen LogP contribution in [0.15, 0.2) is 53.4 Å². The lowest BCUT2D eigenvalue weighted by Gasteiger charge is -2.20. The van der Waals surface area contributed by atoms with Crippen LogP contribution in [0, 0.1) is 0 Å². The van der Waals surface area contributed by atoms with Crippen molar-refractivity contribution >= 4 is 15.7 Å². The summed E-state index contributed by atoms with van der Waals surface area (Å²) in [5.41, 5.74) is 2.42. The Labute approximate surface area is 191 Å². The van der Waals surface area contributed by atoms with Crippen LogP contribution < -0.4 is 10.1 Å². The topological polar surface area (TPSA) is 75.7 Å². The van der Waals surface area contributed by atoms with Gasteiger partial charge in [0.1, 0.15) is 5.75 Å². The highest BCUT2D eigenvalue weighted by atomic mass is 32.2. The van der Waals surface area contributed by atoms with Gasteiger partial charge in [0.25, 0.3) is 0 Å². The van der Waals surface area contributed by atoms with Gasteiger partial charge in [-0.1, -0.05) is 37.1 Å². The SMILES string of the molecule is CS(=O)(=O)c1ccc(OCCCC(=O)NCc2cccc(CN3CCCCCC3)c2)cc1. The predicted molar refractivity (Wildman–Crippen MR) is 126 cm³/mol. The minimum absolute atomic E-state index is 0.000976. The number of hydrogen-bond acceptors (Lipinski definition) is 5. The zero-order valence-corrected chi connectivity index (χ0v) is 19.7. The summed E-state index contributed by atoms with van der Waals surface area (Å²) in [6, 6.07) is 14.8. The predicted octanol–water partition coefficient (Wildman–Crippen LogP) is 3.94. The molecule has 1 fully saturated rings. The number of nitrogens with zero attached hydrogens (tertiary/aromatic N) is 1. The number of benzene rings is 2. The Bertz CT molecular complexity index is 966. The molecule has 2 aromatic rings. The number of ether oxygens (including phenoxy) is 1. The van der Waals surface area contributed by atoms with Crippen LogP contribution >= 0.6 is 0 Å². The maximum Gasteiger partial charge on any atom is 0.220 e. The first-order valence-corrected chi connectivity index (χ1v) is 13.3. The molecule has 1 heterocycles. The summed E-state index contributed by atoms with van der Waals surface area (Å²) in [7, 11) is -3.21. The summed E-state index contributed by atoms with van der Waals surface area (Å²) in [5.74, 6) is 0.595. The molecule has 2 aromatic carbocycles. The van der Waals surface area contributed by atoms with E-state index in [1.165, 1.54) is 62.7 Å². The Morgan fingerprint density at radius 3 is 2.38 bits per heavy atom. The van der Waals surface area contributed by atoms with Gasteiger partial charge in [-0.2, -0.15) is 0 Å². The van der Waals surface area contributed by atoms with Crippen molar-refractivity contribution in [2.45, 2.75) is 56.5 Å². The Morgan fingerprint density at radius 2 is 1.69 bits per heavy atom. The van der Waals surface area contributed by atoms with E-state index in [-0.39, 0.29) is 10.8 Å². The second-order valence-corrected chi connectivity index (χ2v) is 10.5. The van der Waals surface area contributed by atoms with Gasteiger partial charge in [0.15, 0.2) is 9.84 Å². The van der Waals surface area contributed by atoms with E-state index in [2.05, 4.69) is 34.5 Å². The number of likely N-dealkylation sites (tertiary alicyclic amines) is 1. The van der Waals surface area contributed by atoms with Crippen molar-refractivity contribution in [3.05, 3.63) is 59.7 Å². The fraction of sp³-hybridized carbons (Fsp3) is 0.480. The standard InChI is InChI=1S/C25H34N2O4S/c1-32(29,30)24-13-11-23(12-14-24)31-17-7-10-25(28)26-19-21-8-6-9-22(18-21)20-27-15-4-2-3-5-16-27/h6,8-9,11-14,18H,2-5,7,10,15-17,19-20H2,1H3,(H,26,28). The third kappa shape index (κ3) is 8.28. The average Bonchev–Trinajstić information content (AvgIpc) is 3.04. The molecule has 174 valence electrons. The van der Waals surface area contributed by atoms with Crippen molar-refractivity contribution in [1.82, 2.24) is 10.2 Å². The van der Waals surface area contributed by atoms with Gasteiger partial charge in [0, 0.05) is 25.8 Å². The van der Waals surface area contributed by atoms with Crippen LogP contribution in [0.4, 0.5) is 0 Å². The lowest BCUT2D eigenvalue weighted by Crippen LogP contribution is -2.24. The monoisotopic (exact) mass is 458 g/mol. The summed E-state index contributed by atoms with van der Waals surface area (Å²) in [6.07, 6.45) is 7.39. The first-order chi connectivity index (χ1) is 15.4. The number of sulfone groups is 1. The van der Waals surface area contributed by atoms with E-state index in [1.807, 2.05) is 0 Å². The molecular weight excluding hydrogens is 424 g/mol. The van der Waals surface area contributed by atoms with Gasteiger partial charge in [-0.3, -0.25) is 9.69 Å². The molecule has 0 spiro atoms. The zero-order chi connectivity index (χ0) is 22.8. The molecule has 0 aromatic heterocycles. The molecule has 1 aliphatic rings. The molecular formula is C25H34N2O4S. The van der Waals surface area contributed by atoms with Crippen molar-refractivity contribution in [3.8, 4) is 5.75 Å². The fourth-order valence-corrected chi connectivity index (χ4v) is 4.52. The molecule has 0 unspecified atom stereocenters. The zero-order valence-electron chi connectivity index (χ0n) is 18.9. The van der Waals surface area contributed by atoms with E-state index < -0.39 is 9.84 Å². The van der Waals surface area contributed by atoms with Crippen molar-refractivity contribution in [1.29, 1.82) is 0 Å². The highest BCUT2D eigenvalue weighted by molar-refractivity contribution is 7.90. The Hall–Kier alpha value is -2.38. The quantitative estimate of drug-likeness (QED) is 0.546. The van der Waals surface area contributed by atoms with Gasteiger partial charge < -0.3 is 10.1 Å². The molecule has 32 heavy (non-hydrogen) atoms. The fourth-order valence-electron chi connectivity index (χ4n) is 3.89. The van der Waals surface area contributed by atoms with Gasteiger partial charge in [0.2, 0.25) is 5.91 Å². The first kappa shape index (κ1) is 24.3. The molecule has 1 amide bonds. The molecule has 6 nitrogen and oxygen atoms in total. The highest BCUT2D eigenvalue weighted by Gasteiger charge is 2.10. The summed E-state index contributed by atoms with van der Waals surface area (Å²) in [5, 5.41) is 2.99. The van der Waals surface area contributed by atoms with Crippen molar-refractivity contribution < 1.29 is 17.9 Å². The smallest absolute Gasteiger partial charge is 0.220 e. The van der Waals surface area contributed by atoms with Gasteiger partial charge in [0.05, 0.1) is 11.5 Å². The molecule has 1 aliphatic heterocycles. The van der Waals surface area contributed by atoms with E-state index in [4.69, 9.17) is 4.74 Å². The van der Waals surface area contributed by atoms with Crippen LogP contribution in [0.2, 0.25) is 0 Å². The minimum Gasteiger partial charge on any atom is -0.494 e. The maximum absolute atomic E-state index is 12.2. The van der Waals surface area contributed by atoms with Gasteiger partial charge in [-0.15, -0.1) is 0 Å². The van der Waals surface area contributed by atoms with E-state index in [0.717, 1.165) is 12.1 Å². The summed E-state index contributed by atoms with van der Waals surface area (Å²) >= 11 is 0. The number of amides is 1. The van der Waals surface area contributed by atoms with E-state index in [9.17, 15) is 13.2 Å². The third-order valence-corrected chi connectivity index (χ3v) is 6.78. The van der Waals surface area contributed by atoms with Crippen molar-refractivity contribution in [2.75, 3.05) is 26.0 Å². The van der Waals surface area contributed by atoms with Crippen LogP contribution in [0.25, 0.3) is 0 Å². The maximum atomic E-state index is 12.2. The Balaban J connectivity index is 1.36. The molecule has 0 saturated carbocycles. The molecule has 0 radical (unpaired) electrons. The van der Waals surface area contributed by atoms with Crippen LogP contribution in [0.3, 0.4) is 0 Å². The number of carbonyl (C=O) groups excluding carboxylic acids is 1. The molecule has 0 bridgehead atoms. The molecule has 0 aliphatic carbocycles. The van der Waals surface area contributed by atoms with Crippen LogP contribution in [-0.2, 0) is 27.7 Å². The molecule has 1 N–H and O–H groups in total. The summed E-state index contributed by atoms with van der Waals surface area (Å²) < 4.78 is 28.6. The Kier molecular flexibility index (Phi) is 9.11. The third-order valence-electron chi connectivity index (χ3n) is 5.65. The normalized spacial score (nSPS) is 15.2. The molecule has 3 rings (SSSR count). The molecule has 7 heteroatoms. The van der Waals surface area contributed by atoms with Crippen LogP contribution in [0.5, 0.6) is 5.75 Å². The highest BCUT2D eigenvalue weighted by Crippen LogP contribution is 2.16. The largest absolute Gasteiger partial charge is 0.494 e. The number of nitrogens with one attached hydrogen (secondary N) is 1. The van der Waals surface area contributed by atoms with Gasteiger partial charge in [-0.05, 0) is 67.7 Å². The lowest BCUT2D eigenvalue weighted by molar-refractivity contribution is -0.121. The van der Waals surface area contributed by atoms with Crippen LogP contribution in [-0.4, -0.2) is 45.2 Å². The van der Waals surface area contributed by atoms with Gasteiger partial charge >= 0.3 is 0 Å². The Morgan fingerprint density at radius 1 is 1.00 bits per heavy atom. The minimum atomic E-state index is -3.21. The first-order valence-electron chi connectivity index (χ1n) is 11.4. The van der Waals surface area contributed by atoms with Gasteiger partial charge in [-0.25, -0.2) is 8.42 Å². The van der Waals surface area contributed by atoms with E-state index in [0.29, 0.717) is 31.7 Å². The van der Waals surface area contributed by atoms with Crippen LogP contribution in [0.1, 0.15) is 49.7 Å². The second kappa shape index (κ2) is 12.0.